The van der Waals surface area contributed by atoms with Crippen LogP contribution in [-0.4, -0.2) is 44.4 Å². The van der Waals surface area contributed by atoms with Crippen molar-refractivity contribution in [1.29, 1.82) is 0 Å². The van der Waals surface area contributed by atoms with E-state index in [-0.39, 0.29) is 5.91 Å². The molecule has 0 unspecified atom stereocenters. The number of para-hydroxylation sites is 1. The second kappa shape index (κ2) is 7.96. The minimum atomic E-state index is 0.264. The number of hydrogen-bond acceptors (Lipinski definition) is 4. The third-order valence-corrected chi connectivity index (χ3v) is 5.60. The molecule has 0 bridgehead atoms. The first-order valence-electron chi connectivity index (χ1n) is 9.21. The summed E-state index contributed by atoms with van der Waals surface area (Å²) in [4.78, 5) is 13.8. The van der Waals surface area contributed by atoms with Gasteiger partial charge in [0.1, 0.15) is 0 Å². The Kier molecular flexibility index (Phi) is 5.25. The minimum absolute atomic E-state index is 0.264. The van der Waals surface area contributed by atoms with Gasteiger partial charge in [0.05, 0.1) is 0 Å². The molecule has 0 spiro atoms. The maximum atomic E-state index is 11.8. The van der Waals surface area contributed by atoms with Gasteiger partial charge in [0, 0.05) is 36.5 Å². The second-order valence-corrected chi connectivity index (χ2v) is 7.74. The Labute approximate surface area is 163 Å². The Bertz CT molecular complexity index is 938. The first-order valence-corrected chi connectivity index (χ1v) is 10.2. The van der Waals surface area contributed by atoms with Gasteiger partial charge < -0.3 is 4.90 Å². The van der Waals surface area contributed by atoms with Gasteiger partial charge in [-0.1, -0.05) is 53.7 Å². The van der Waals surface area contributed by atoms with Gasteiger partial charge in [0.15, 0.2) is 11.0 Å². The lowest BCUT2D eigenvalue weighted by atomic mass is 10.1. The number of thioether (sulfide) groups is 1. The highest BCUT2D eigenvalue weighted by atomic mass is 32.2. The van der Waals surface area contributed by atoms with Crippen molar-refractivity contribution in [3.8, 4) is 17.1 Å². The van der Waals surface area contributed by atoms with Gasteiger partial charge in [-0.25, -0.2) is 0 Å². The highest BCUT2D eigenvalue weighted by molar-refractivity contribution is 7.99. The zero-order valence-electron chi connectivity index (χ0n) is 15.3. The maximum absolute atomic E-state index is 11.8. The predicted molar refractivity (Wildman–Crippen MR) is 108 cm³/mol. The number of nitrogens with zero attached hydrogens (tertiary/aromatic N) is 4. The van der Waals surface area contributed by atoms with E-state index in [9.17, 15) is 4.79 Å². The molecule has 27 heavy (non-hydrogen) atoms. The Morgan fingerprint density at radius 1 is 1.07 bits per heavy atom. The minimum Gasteiger partial charge on any atom is -0.342 e. The zero-order valence-corrected chi connectivity index (χ0v) is 16.2. The summed E-state index contributed by atoms with van der Waals surface area (Å²) in [6.07, 6.45) is 1.66. The normalized spacial score (nSPS) is 14.1. The topological polar surface area (TPSA) is 51.0 Å². The van der Waals surface area contributed by atoms with E-state index in [2.05, 4.69) is 52.0 Å². The molecule has 0 saturated carbocycles. The lowest BCUT2D eigenvalue weighted by Crippen LogP contribution is -2.27. The highest BCUT2D eigenvalue weighted by Crippen LogP contribution is 2.28. The smallest absolute Gasteiger partial charge is 0.222 e. The fourth-order valence-corrected chi connectivity index (χ4v) is 4.25. The summed E-state index contributed by atoms with van der Waals surface area (Å²) in [5.41, 5.74) is 3.28. The molecule has 0 radical (unpaired) electrons. The summed E-state index contributed by atoms with van der Waals surface area (Å²) >= 11 is 1.65. The van der Waals surface area contributed by atoms with Gasteiger partial charge in [-0.3, -0.25) is 9.36 Å². The molecule has 3 aromatic rings. The SMILES string of the molecule is Cc1cccc(-c2nnc(SCCN3CCCC3=O)n2-c2ccccc2)c1. The number of amides is 1. The van der Waals surface area contributed by atoms with Crippen molar-refractivity contribution in [3.05, 3.63) is 60.2 Å². The van der Waals surface area contributed by atoms with Crippen molar-refractivity contribution < 1.29 is 4.79 Å². The number of aryl methyl sites for hydroxylation is 1. The third-order valence-electron chi connectivity index (χ3n) is 4.69. The molecule has 138 valence electrons. The van der Waals surface area contributed by atoms with Crippen LogP contribution in [0.3, 0.4) is 0 Å². The Morgan fingerprint density at radius 2 is 1.93 bits per heavy atom. The van der Waals surface area contributed by atoms with Crippen molar-refractivity contribution in [2.24, 2.45) is 0 Å². The fraction of sp³-hybridized carbons (Fsp3) is 0.286. The Morgan fingerprint density at radius 3 is 2.67 bits per heavy atom. The maximum Gasteiger partial charge on any atom is 0.222 e. The molecule has 2 heterocycles. The van der Waals surface area contributed by atoms with E-state index in [4.69, 9.17) is 0 Å². The first-order chi connectivity index (χ1) is 13.2. The van der Waals surface area contributed by atoms with Crippen LogP contribution in [0.2, 0.25) is 0 Å². The van der Waals surface area contributed by atoms with E-state index in [1.807, 2.05) is 29.2 Å². The molecule has 1 aromatic heterocycles. The molecule has 5 nitrogen and oxygen atoms in total. The molecule has 1 amide bonds. The average molecular weight is 379 g/mol. The van der Waals surface area contributed by atoms with Crippen molar-refractivity contribution in [3.63, 3.8) is 0 Å². The third kappa shape index (κ3) is 3.90. The predicted octanol–water partition coefficient (Wildman–Crippen LogP) is 3.96. The standard InChI is InChI=1S/C21H22N4OS/c1-16-7-5-8-17(15-16)20-22-23-21(25(20)18-9-3-2-4-10-18)27-14-13-24-12-6-11-19(24)26/h2-5,7-10,15H,6,11-14H2,1H3. The second-order valence-electron chi connectivity index (χ2n) is 6.68. The van der Waals surface area contributed by atoms with Crippen LogP contribution in [0, 0.1) is 6.92 Å². The van der Waals surface area contributed by atoms with Crippen LogP contribution in [-0.2, 0) is 4.79 Å². The van der Waals surface area contributed by atoms with Crippen molar-refractivity contribution in [2.45, 2.75) is 24.9 Å². The Balaban J connectivity index is 1.62. The quantitative estimate of drug-likeness (QED) is 0.609. The first kappa shape index (κ1) is 17.8. The molecule has 1 saturated heterocycles. The van der Waals surface area contributed by atoms with Gasteiger partial charge in [-0.2, -0.15) is 0 Å². The molecule has 1 aliphatic rings. The average Bonchev–Trinajstić information content (AvgIpc) is 3.29. The number of carbonyl (C=O) groups is 1. The van der Waals surface area contributed by atoms with Gasteiger partial charge in [0.25, 0.3) is 0 Å². The molecule has 0 aliphatic carbocycles. The lowest BCUT2D eigenvalue weighted by molar-refractivity contribution is -0.127. The largest absolute Gasteiger partial charge is 0.342 e. The van der Waals surface area contributed by atoms with Crippen LogP contribution in [0.15, 0.2) is 59.8 Å². The fourth-order valence-electron chi connectivity index (χ4n) is 3.33. The molecule has 0 N–H and O–H groups in total. The van der Waals surface area contributed by atoms with Crippen LogP contribution in [0.1, 0.15) is 18.4 Å². The van der Waals surface area contributed by atoms with Crippen LogP contribution in [0.5, 0.6) is 0 Å². The van der Waals surface area contributed by atoms with E-state index < -0.39 is 0 Å². The summed E-state index contributed by atoms with van der Waals surface area (Å²) in [5.74, 6) is 1.91. The van der Waals surface area contributed by atoms with Crippen LogP contribution >= 0.6 is 11.8 Å². The van der Waals surface area contributed by atoms with E-state index >= 15 is 0 Å². The van der Waals surface area contributed by atoms with Crippen molar-refractivity contribution >= 4 is 17.7 Å². The summed E-state index contributed by atoms with van der Waals surface area (Å²) in [5, 5.41) is 9.79. The number of likely N-dealkylation sites (tertiary alicyclic amines) is 1. The van der Waals surface area contributed by atoms with Gasteiger partial charge in [0.2, 0.25) is 5.91 Å². The van der Waals surface area contributed by atoms with E-state index in [0.29, 0.717) is 6.42 Å². The number of hydrogen-bond donors (Lipinski definition) is 0. The highest BCUT2D eigenvalue weighted by Gasteiger charge is 2.21. The summed E-state index contributed by atoms with van der Waals surface area (Å²) < 4.78 is 2.10. The summed E-state index contributed by atoms with van der Waals surface area (Å²) in [7, 11) is 0. The van der Waals surface area contributed by atoms with E-state index in [0.717, 1.165) is 47.5 Å². The molecule has 2 aromatic carbocycles. The summed E-state index contributed by atoms with van der Waals surface area (Å²) in [6.45, 7) is 3.71. The molecular formula is C21H22N4OS. The van der Waals surface area contributed by atoms with E-state index in [1.165, 1.54) is 5.56 Å². The Hall–Kier alpha value is -2.60. The molecule has 6 heteroatoms. The number of benzene rings is 2. The monoisotopic (exact) mass is 378 g/mol. The molecule has 1 aliphatic heterocycles. The molecule has 1 fully saturated rings. The molecular weight excluding hydrogens is 356 g/mol. The van der Waals surface area contributed by atoms with Gasteiger partial charge in [-0.05, 0) is 31.5 Å². The van der Waals surface area contributed by atoms with E-state index in [1.54, 1.807) is 11.8 Å². The summed E-state index contributed by atoms with van der Waals surface area (Å²) in [6, 6.07) is 18.5. The number of rotatable bonds is 6. The zero-order chi connectivity index (χ0) is 18.6. The van der Waals surface area contributed by atoms with Crippen molar-refractivity contribution in [2.75, 3.05) is 18.8 Å². The van der Waals surface area contributed by atoms with Gasteiger partial charge in [-0.15, -0.1) is 10.2 Å². The van der Waals surface area contributed by atoms with Crippen LogP contribution < -0.4 is 0 Å². The van der Waals surface area contributed by atoms with Crippen LogP contribution in [0.4, 0.5) is 0 Å². The van der Waals surface area contributed by atoms with Crippen molar-refractivity contribution in [1.82, 2.24) is 19.7 Å². The molecule has 4 rings (SSSR count). The van der Waals surface area contributed by atoms with Crippen LogP contribution in [0.25, 0.3) is 17.1 Å². The lowest BCUT2D eigenvalue weighted by Gasteiger charge is -2.15. The molecule has 0 atom stereocenters. The number of carbonyl (C=O) groups excluding carboxylic acids is 1. The number of aromatic nitrogens is 3. The van der Waals surface area contributed by atoms with Gasteiger partial charge >= 0.3 is 0 Å².